The summed E-state index contributed by atoms with van der Waals surface area (Å²) in [4.78, 5) is 2.67. The molecule has 0 aromatic heterocycles. The average Bonchev–Trinajstić information content (AvgIpc) is 3.40. The zero-order valence-corrected chi connectivity index (χ0v) is 17.8. The molecule has 1 aliphatic heterocycles. The Kier molecular flexibility index (Phi) is 5.20. The van der Waals surface area contributed by atoms with E-state index in [4.69, 9.17) is 0 Å². The minimum atomic E-state index is 0.201. The lowest BCUT2D eigenvalue weighted by Crippen LogP contribution is -2.46. The molecule has 3 fully saturated rings. The van der Waals surface area contributed by atoms with E-state index in [1.165, 1.54) is 77.3 Å². The zero-order chi connectivity index (χ0) is 19.1. The highest BCUT2D eigenvalue weighted by atomic mass is 16.2. The first-order chi connectivity index (χ1) is 13.8. The molecule has 6 atom stereocenters. The molecule has 0 spiro atoms. The Hall–Kier alpha value is -1.02. The summed E-state index contributed by atoms with van der Waals surface area (Å²) in [5.74, 6) is 4.30. The fourth-order valence-electron chi connectivity index (χ4n) is 8.26. The van der Waals surface area contributed by atoms with Gasteiger partial charge in [-0.2, -0.15) is 0 Å². The number of likely N-dealkylation sites (tertiary alicyclic amines) is 1. The molecule has 0 aromatic carbocycles. The summed E-state index contributed by atoms with van der Waals surface area (Å²) in [5, 5.41) is 9.29. The molecule has 28 heavy (non-hydrogen) atoms. The number of rotatable bonds is 4. The van der Waals surface area contributed by atoms with E-state index in [9.17, 15) is 5.11 Å². The van der Waals surface area contributed by atoms with Gasteiger partial charge in [0.05, 0.1) is 6.61 Å². The number of allylic oxidation sites excluding steroid dienone is 5. The summed E-state index contributed by atoms with van der Waals surface area (Å²) in [5.41, 5.74) is 3.86. The topological polar surface area (TPSA) is 23.5 Å². The van der Waals surface area contributed by atoms with Crippen LogP contribution in [0.4, 0.5) is 0 Å². The molecule has 2 heteroatoms. The van der Waals surface area contributed by atoms with Crippen LogP contribution in [0.2, 0.25) is 0 Å². The average molecular weight is 382 g/mol. The highest BCUT2D eigenvalue weighted by Gasteiger charge is 2.56. The molecular formula is C26H39NO. The van der Waals surface area contributed by atoms with Crippen molar-refractivity contribution in [1.82, 2.24) is 4.90 Å². The van der Waals surface area contributed by atoms with E-state index in [1.54, 1.807) is 11.3 Å². The smallest absolute Gasteiger partial charge is 0.0612 e. The predicted molar refractivity (Wildman–Crippen MR) is 116 cm³/mol. The van der Waals surface area contributed by atoms with E-state index in [2.05, 4.69) is 30.1 Å². The Balaban J connectivity index is 1.38. The van der Waals surface area contributed by atoms with E-state index in [-0.39, 0.29) is 6.61 Å². The van der Waals surface area contributed by atoms with Gasteiger partial charge in [0.2, 0.25) is 0 Å². The highest BCUT2D eigenvalue weighted by Crippen LogP contribution is 2.64. The van der Waals surface area contributed by atoms with Crippen LogP contribution in [-0.2, 0) is 0 Å². The van der Waals surface area contributed by atoms with Crippen molar-refractivity contribution in [3.05, 3.63) is 35.6 Å². The van der Waals surface area contributed by atoms with Crippen molar-refractivity contribution in [1.29, 1.82) is 0 Å². The summed E-state index contributed by atoms with van der Waals surface area (Å²) in [6.45, 7) is 5.22. The second-order valence-corrected chi connectivity index (χ2v) is 10.3. The zero-order valence-electron chi connectivity index (χ0n) is 17.8. The summed E-state index contributed by atoms with van der Waals surface area (Å²) in [6.07, 6.45) is 23.4. The Morgan fingerprint density at radius 2 is 2.00 bits per heavy atom. The van der Waals surface area contributed by atoms with E-state index < -0.39 is 0 Å². The van der Waals surface area contributed by atoms with Gasteiger partial charge in [0, 0.05) is 18.8 Å². The molecule has 5 rings (SSSR count). The number of aliphatic hydroxyl groups is 1. The predicted octanol–water partition coefficient (Wildman–Crippen LogP) is 5.70. The Bertz CT molecular complexity index is 670. The van der Waals surface area contributed by atoms with Crippen LogP contribution in [0.25, 0.3) is 0 Å². The van der Waals surface area contributed by atoms with E-state index >= 15 is 0 Å². The SMILES string of the molecule is CCC12CCC3C4CCC(N5CCCC5)=CC4=CCC3C1CCC2/C=C\CO. The van der Waals surface area contributed by atoms with Crippen LogP contribution in [0, 0.1) is 35.0 Å². The molecule has 0 aromatic rings. The van der Waals surface area contributed by atoms with Gasteiger partial charge in [0.25, 0.3) is 0 Å². The first kappa shape index (κ1) is 19.0. The van der Waals surface area contributed by atoms with Crippen LogP contribution in [0.3, 0.4) is 0 Å². The molecule has 154 valence electrons. The van der Waals surface area contributed by atoms with Gasteiger partial charge in [-0.15, -0.1) is 0 Å². The van der Waals surface area contributed by atoms with Gasteiger partial charge in [0.15, 0.2) is 0 Å². The summed E-state index contributed by atoms with van der Waals surface area (Å²) < 4.78 is 0. The number of fused-ring (bicyclic) bond motifs is 5. The number of hydrogen-bond acceptors (Lipinski definition) is 2. The van der Waals surface area contributed by atoms with Crippen molar-refractivity contribution in [3.8, 4) is 0 Å². The standard InChI is InChI=1S/C26H39NO/c1-2-26-14-13-23-22-11-9-21(27-15-3-4-16-27)18-19(22)7-10-24(23)25(26)12-8-20(26)6-5-17-28/h5-7,18,20,22-25,28H,2-4,8-17H2,1H3/b6-5-. The maximum atomic E-state index is 9.29. The van der Waals surface area contributed by atoms with Gasteiger partial charge >= 0.3 is 0 Å². The molecule has 2 nitrogen and oxygen atoms in total. The van der Waals surface area contributed by atoms with Crippen LogP contribution in [0.5, 0.6) is 0 Å². The molecule has 0 bridgehead atoms. The molecule has 2 saturated carbocycles. The largest absolute Gasteiger partial charge is 0.392 e. The minimum absolute atomic E-state index is 0.201. The maximum absolute atomic E-state index is 9.29. The second kappa shape index (κ2) is 7.67. The molecule has 5 aliphatic rings. The molecule has 4 aliphatic carbocycles. The lowest BCUT2D eigenvalue weighted by atomic mass is 9.51. The van der Waals surface area contributed by atoms with Crippen LogP contribution >= 0.6 is 0 Å². The number of hydrogen-bond donors (Lipinski definition) is 1. The van der Waals surface area contributed by atoms with Gasteiger partial charge < -0.3 is 10.0 Å². The van der Waals surface area contributed by atoms with Gasteiger partial charge in [-0.05, 0) is 111 Å². The second-order valence-electron chi connectivity index (χ2n) is 10.3. The van der Waals surface area contributed by atoms with E-state index in [0.29, 0.717) is 11.3 Å². The fourth-order valence-corrected chi connectivity index (χ4v) is 8.26. The Morgan fingerprint density at radius 3 is 2.79 bits per heavy atom. The van der Waals surface area contributed by atoms with Crippen LogP contribution < -0.4 is 0 Å². The van der Waals surface area contributed by atoms with Crippen molar-refractivity contribution < 1.29 is 5.11 Å². The van der Waals surface area contributed by atoms with E-state index in [0.717, 1.165) is 23.7 Å². The van der Waals surface area contributed by atoms with Gasteiger partial charge in [-0.3, -0.25) is 0 Å². The van der Waals surface area contributed by atoms with E-state index in [1.807, 2.05) is 6.08 Å². The first-order valence-electron chi connectivity index (χ1n) is 12.2. The summed E-state index contributed by atoms with van der Waals surface area (Å²) in [7, 11) is 0. The Morgan fingerprint density at radius 1 is 1.14 bits per heavy atom. The Labute approximate surface area is 171 Å². The molecule has 1 saturated heterocycles. The molecule has 1 heterocycles. The molecular weight excluding hydrogens is 342 g/mol. The monoisotopic (exact) mass is 381 g/mol. The van der Waals surface area contributed by atoms with Crippen LogP contribution in [0.1, 0.15) is 71.1 Å². The summed E-state index contributed by atoms with van der Waals surface area (Å²) >= 11 is 0. The third-order valence-electron chi connectivity index (χ3n) is 9.54. The molecule has 0 amide bonds. The van der Waals surface area contributed by atoms with Crippen molar-refractivity contribution in [2.24, 2.45) is 35.0 Å². The molecule has 0 radical (unpaired) electrons. The third kappa shape index (κ3) is 2.93. The van der Waals surface area contributed by atoms with Gasteiger partial charge in [-0.25, -0.2) is 0 Å². The molecule has 1 N–H and O–H groups in total. The highest BCUT2D eigenvalue weighted by molar-refractivity contribution is 5.33. The minimum Gasteiger partial charge on any atom is -0.392 e. The quantitative estimate of drug-likeness (QED) is 0.631. The summed E-state index contributed by atoms with van der Waals surface area (Å²) in [6, 6.07) is 0. The van der Waals surface area contributed by atoms with Crippen molar-refractivity contribution >= 4 is 0 Å². The lowest BCUT2D eigenvalue weighted by molar-refractivity contribution is -0.0155. The first-order valence-corrected chi connectivity index (χ1v) is 12.2. The van der Waals surface area contributed by atoms with Crippen molar-refractivity contribution in [2.45, 2.75) is 71.1 Å². The maximum Gasteiger partial charge on any atom is 0.0612 e. The van der Waals surface area contributed by atoms with Crippen molar-refractivity contribution in [2.75, 3.05) is 19.7 Å². The van der Waals surface area contributed by atoms with Crippen LogP contribution in [0.15, 0.2) is 35.6 Å². The normalized spacial score (nSPS) is 42.8. The third-order valence-corrected chi connectivity index (χ3v) is 9.54. The molecule has 6 unspecified atom stereocenters. The van der Waals surface area contributed by atoms with Gasteiger partial charge in [0.1, 0.15) is 0 Å². The van der Waals surface area contributed by atoms with Crippen molar-refractivity contribution in [3.63, 3.8) is 0 Å². The lowest BCUT2D eigenvalue weighted by Gasteiger charge is -2.54. The number of aliphatic hydroxyl groups excluding tert-OH is 1. The van der Waals surface area contributed by atoms with Gasteiger partial charge in [-0.1, -0.05) is 25.2 Å². The fraction of sp³-hybridized carbons (Fsp3) is 0.769. The number of nitrogens with zero attached hydrogens (tertiary/aromatic N) is 1. The van der Waals surface area contributed by atoms with Crippen LogP contribution in [-0.4, -0.2) is 29.7 Å².